The number of carbonyl (C=O) groups is 2. The van der Waals surface area contributed by atoms with Gasteiger partial charge >= 0.3 is 0 Å². The molecule has 0 N–H and O–H groups in total. The second-order valence-corrected chi connectivity index (χ2v) is 7.14. The van der Waals surface area contributed by atoms with Gasteiger partial charge in [-0.3, -0.25) is 9.59 Å². The van der Waals surface area contributed by atoms with Crippen LogP contribution in [0.25, 0.3) is 5.57 Å². The molecule has 1 atom stereocenters. The van der Waals surface area contributed by atoms with Gasteiger partial charge in [0.15, 0.2) is 5.78 Å². The molecule has 1 aliphatic rings. The highest BCUT2D eigenvalue weighted by Gasteiger charge is 2.20. The van der Waals surface area contributed by atoms with Gasteiger partial charge in [-0.15, -0.1) is 0 Å². The average molecular weight is 374 g/mol. The summed E-state index contributed by atoms with van der Waals surface area (Å²) in [6.45, 7) is 2.19. The van der Waals surface area contributed by atoms with Crippen LogP contribution in [0.1, 0.15) is 48.5 Å². The number of hydrogen-bond donors (Lipinski definition) is 0. The predicted molar refractivity (Wildman–Crippen MR) is 112 cm³/mol. The van der Waals surface area contributed by atoms with Gasteiger partial charge in [0, 0.05) is 30.7 Å². The van der Waals surface area contributed by atoms with Crippen molar-refractivity contribution in [3.63, 3.8) is 0 Å². The monoisotopic (exact) mass is 374 g/mol. The zero-order valence-corrected chi connectivity index (χ0v) is 16.5. The third-order valence-electron chi connectivity index (χ3n) is 5.34. The summed E-state index contributed by atoms with van der Waals surface area (Å²) in [6.07, 6.45) is 6.10. The molecule has 0 saturated carbocycles. The molecule has 0 amide bonds. The molecule has 2 aromatic rings. The van der Waals surface area contributed by atoms with Crippen LogP contribution in [-0.4, -0.2) is 18.7 Å². The fourth-order valence-electron chi connectivity index (χ4n) is 3.54. The fraction of sp³-hybridized carbons (Fsp3) is 0.280. The molecule has 1 aliphatic carbocycles. The molecule has 0 radical (unpaired) electrons. The molecule has 3 nitrogen and oxygen atoms in total. The lowest BCUT2D eigenvalue weighted by Crippen LogP contribution is -2.06. The maximum Gasteiger partial charge on any atom is 0.163 e. The van der Waals surface area contributed by atoms with Crippen LogP contribution in [0, 0.1) is 5.92 Å². The van der Waals surface area contributed by atoms with Crippen molar-refractivity contribution in [3.8, 4) is 5.75 Å². The number of methoxy groups -OCH3 is 1. The van der Waals surface area contributed by atoms with Crippen LogP contribution in [0.15, 0.2) is 72.3 Å². The summed E-state index contributed by atoms with van der Waals surface area (Å²) in [5, 5.41) is 0. The third kappa shape index (κ3) is 4.86. The first kappa shape index (κ1) is 19.8. The summed E-state index contributed by atoms with van der Waals surface area (Å²) in [5.41, 5.74) is 4.45. The Bertz CT molecular complexity index is 889. The number of hydrogen-bond acceptors (Lipinski definition) is 3. The highest BCUT2D eigenvalue weighted by molar-refractivity contribution is 5.98. The molecule has 144 valence electrons. The van der Waals surface area contributed by atoms with E-state index in [-0.39, 0.29) is 18.0 Å². The van der Waals surface area contributed by atoms with Gasteiger partial charge in [-0.2, -0.15) is 0 Å². The van der Waals surface area contributed by atoms with Gasteiger partial charge in [0.05, 0.1) is 7.11 Å². The lowest BCUT2D eigenvalue weighted by molar-refractivity contribution is -0.119. The number of Topliss-reactive ketones (excluding diaryl/α,β-unsaturated/α-hetero) is 2. The number of carbonyl (C=O) groups excluding carboxylic acids is 2. The van der Waals surface area contributed by atoms with Crippen LogP contribution in [0.2, 0.25) is 0 Å². The van der Waals surface area contributed by atoms with Crippen LogP contribution in [0.4, 0.5) is 0 Å². The lowest BCUT2D eigenvalue weighted by Gasteiger charge is -2.14. The zero-order chi connectivity index (χ0) is 19.9. The highest BCUT2D eigenvalue weighted by atomic mass is 16.5. The van der Waals surface area contributed by atoms with Crippen molar-refractivity contribution < 1.29 is 14.3 Å². The van der Waals surface area contributed by atoms with Gasteiger partial charge in [-0.1, -0.05) is 55.0 Å². The minimum atomic E-state index is -0.00233. The molecule has 3 heteroatoms. The molecular formula is C25H26O3. The molecule has 0 aromatic heterocycles. The van der Waals surface area contributed by atoms with Gasteiger partial charge in [-0.25, -0.2) is 0 Å². The van der Waals surface area contributed by atoms with Crippen LogP contribution >= 0.6 is 0 Å². The number of rotatable bonds is 9. The first-order chi connectivity index (χ1) is 13.6. The molecule has 0 saturated heterocycles. The Morgan fingerprint density at radius 1 is 0.893 bits per heavy atom. The standard InChI is InChI=1S/C25H26O3/c1-18-19(11-16-24(18)20-6-4-3-5-7-20)8-12-22(26)13-17-25(27)21-9-14-23(28-2)15-10-21/h3-7,9-11,14-16,18H,8,12-13,17H2,1-2H3. The molecule has 0 aliphatic heterocycles. The summed E-state index contributed by atoms with van der Waals surface area (Å²) in [5.74, 6) is 1.19. The smallest absolute Gasteiger partial charge is 0.163 e. The summed E-state index contributed by atoms with van der Waals surface area (Å²) in [4.78, 5) is 24.5. The van der Waals surface area contributed by atoms with Crippen LogP contribution in [-0.2, 0) is 4.79 Å². The van der Waals surface area contributed by atoms with E-state index in [9.17, 15) is 9.59 Å². The Balaban J connectivity index is 1.44. The number of benzene rings is 2. The van der Waals surface area contributed by atoms with Crippen molar-refractivity contribution in [3.05, 3.63) is 83.4 Å². The molecule has 3 rings (SSSR count). The van der Waals surface area contributed by atoms with Crippen molar-refractivity contribution in [2.45, 2.75) is 32.6 Å². The minimum absolute atomic E-state index is 0.00233. The van der Waals surface area contributed by atoms with Crippen molar-refractivity contribution in [2.24, 2.45) is 5.92 Å². The minimum Gasteiger partial charge on any atom is -0.497 e. The van der Waals surface area contributed by atoms with Gasteiger partial charge < -0.3 is 4.74 Å². The van der Waals surface area contributed by atoms with E-state index in [2.05, 4.69) is 31.2 Å². The van der Waals surface area contributed by atoms with E-state index < -0.39 is 0 Å². The van der Waals surface area contributed by atoms with Crippen molar-refractivity contribution in [1.82, 2.24) is 0 Å². The van der Waals surface area contributed by atoms with E-state index in [1.54, 1.807) is 31.4 Å². The number of allylic oxidation sites excluding steroid dienone is 4. The second kappa shape index (κ2) is 9.32. The maximum absolute atomic E-state index is 12.3. The average Bonchev–Trinajstić information content (AvgIpc) is 3.11. The van der Waals surface area contributed by atoms with Gasteiger partial charge in [0.1, 0.15) is 11.5 Å². The normalized spacial score (nSPS) is 15.7. The molecule has 0 spiro atoms. The molecule has 0 bridgehead atoms. The lowest BCUT2D eigenvalue weighted by atomic mass is 9.89. The Labute approximate surface area is 166 Å². The Kier molecular flexibility index (Phi) is 6.59. The fourth-order valence-corrected chi connectivity index (χ4v) is 3.54. The largest absolute Gasteiger partial charge is 0.497 e. The second-order valence-electron chi connectivity index (χ2n) is 7.14. The highest BCUT2D eigenvalue weighted by Crippen LogP contribution is 2.36. The van der Waals surface area contributed by atoms with Gasteiger partial charge in [0.25, 0.3) is 0 Å². The Morgan fingerprint density at radius 2 is 1.61 bits per heavy atom. The maximum atomic E-state index is 12.3. The molecule has 1 unspecified atom stereocenters. The zero-order valence-electron chi connectivity index (χ0n) is 16.5. The van der Waals surface area contributed by atoms with Crippen molar-refractivity contribution in [1.29, 1.82) is 0 Å². The molecule has 28 heavy (non-hydrogen) atoms. The van der Waals surface area contributed by atoms with E-state index in [1.165, 1.54) is 16.7 Å². The quantitative estimate of drug-likeness (QED) is 0.531. The number of ketones is 2. The van der Waals surface area contributed by atoms with E-state index in [4.69, 9.17) is 4.74 Å². The topological polar surface area (TPSA) is 43.4 Å². The molecule has 0 heterocycles. The van der Waals surface area contributed by atoms with Gasteiger partial charge in [0.2, 0.25) is 0 Å². The molecular weight excluding hydrogens is 348 g/mol. The Hall–Kier alpha value is -2.94. The summed E-state index contributed by atoms with van der Waals surface area (Å²) < 4.78 is 5.10. The molecule has 0 fully saturated rings. The van der Waals surface area contributed by atoms with Crippen molar-refractivity contribution >= 4 is 17.1 Å². The van der Waals surface area contributed by atoms with Crippen LogP contribution in [0.5, 0.6) is 5.75 Å². The van der Waals surface area contributed by atoms with E-state index in [1.807, 2.05) is 18.2 Å². The van der Waals surface area contributed by atoms with Crippen LogP contribution < -0.4 is 4.74 Å². The predicted octanol–water partition coefficient (Wildman–Crippen LogP) is 5.67. The first-order valence-corrected chi connectivity index (χ1v) is 9.73. The van der Waals surface area contributed by atoms with Gasteiger partial charge in [-0.05, 0) is 41.8 Å². The SMILES string of the molecule is COc1ccc(C(=O)CCC(=O)CCC2=CC=C(c3ccccc3)C2C)cc1. The summed E-state index contributed by atoms with van der Waals surface area (Å²) >= 11 is 0. The first-order valence-electron chi connectivity index (χ1n) is 9.73. The summed E-state index contributed by atoms with van der Waals surface area (Å²) in [7, 11) is 1.59. The van der Waals surface area contributed by atoms with Crippen LogP contribution in [0.3, 0.4) is 0 Å². The Morgan fingerprint density at radius 3 is 2.29 bits per heavy atom. The van der Waals surface area contributed by atoms with E-state index in [0.29, 0.717) is 24.3 Å². The van der Waals surface area contributed by atoms with E-state index >= 15 is 0 Å². The van der Waals surface area contributed by atoms with E-state index in [0.717, 1.165) is 12.2 Å². The molecule has 2 aromatic carbocycles. The third-order valence-corrected chi connectivity index (χ3v) is 5.34. The summed E-state index contributed by atoms with van der Waals surface area (Å²) in [6, 6.07) is 17.4. The number of ether oxygens (including phenoxy) is 1. The van der Waals surface area contributed by atoms with Crippen molar-refractivity contribution in [2.75, 3.05) is 7.11 Å².